The summed E-state index contributed by atoms with van der Waals surface area (Å²) in [7, 11) is 0. The van der Waals surface area contributed by atoms with E-state index in [1.54, 1.807) is 12.3 Å². The van der Waals surface area contributed by atoms with Crippen LogP contribution in [0.2, 0.25) is 0 Å². The molecule has 1 aliphatic rings. The van der Waals surface area contributed by atoms with Gasteiger partial charge in [0.25, 0.3) is 0 Å². The lowest BCUT2D eigenvalue weighted by atomic mass is 10.0. The van der Waals surface area contributed by atoms with E-state index in [1.165, 1.54) is 0 Å². The van der Waals surface area contributed by atoms with Crippen LogP contribution in [0.15, 0.2) is 12.3 Å². The van der Waals surface area contributed by atoms with E-state index < -0.39 is 0 Å². The second-order valence-electron chi connectivity index (χ2n) is 5.00. The predicted octanol–water partition coefficient (Wildman–Crippen LogP) is 1.43. The van der Waals surface area contributed by atoms with Crippen LogP contribution in [-0.4, -0.2) is 34.7 Å². The van der Waals surface area contributed by atoms with Gasteiger partial charge in [-0.25, -0.2) is 4.98 Å². The quantitative estimate of drug-likeness (QED) is 0.828. The number of nitrogens with one attached hydrogen (secondary N) is 2. The molecular formula is C12H20N4O. The largest absolute Gasteiger partial charge is 0.475 e. The van der Waals surface area contributed by atoms with Crippen LogP contribution in [0.25, 0.3) is 0 Å². The molecule has 5 heteroatoms. The van der Waals surface area contributed by atoms with Crippen LogP contribution in [0.3, 0.4) is 0 Å². The third-order valence-corrected chi connectivity index (χ3v) is 2.77. The third-order valence-electron chi connectivity index (χ3n) is 2.77. The van der Waals surface area contributed by atoms with Gasteiger partial charge >= 0.3 is 0 Å². The van der Waals surface area contributed by atoms with Crippen LogP contribution in [-0.2, 0) is 0 Å². The molecule has 17 heavy (non-hydrogen) atoms. The maximum Gasteiger partial charge on any atom is 0.226 e. The first kappa shape index (κ1) is 12.1. The van der Waals surface area contributed by atoms with Crippen molar-refractivity contribution in [2.75, 3.05) is 18.4 Å². The van der Waals surface area contributed by atoms with Gasteiger partial charge in [0.2, 0.25) is 11.8 Å². The summed E-state index contributed by atoms with van der Waals surface area (Å²) in [6.45, 7) is 8.11. The van der Waals surface area contributed by atoms with Crippen LogP contribution in [0.1, 0.15) is 27.2 Å². The van der Waals surface area contributed by atoms with Crippen LogP contribution in [0.5, 0.6) is 5.88 Å². The van der Waals surface area contributed by atoms with Gasteiger partial charge in [0.05, 0.1) is 11.6 Å². The van der Waals surface area contributed by atoms with Crippen LogP contribution in [0, 0.1) is 0 Å². The van der Waals surface area contributed by atoms with E-state index in [0.717, 1.165) is 19.5 Å². The van der Waals surface area contributed by atoms with Crippen molar-refractivity contribution >= 4 is 5.95 Å². The number of nitrogens with zero attached hydrogens (tertiary/aromatic N) is 2. The summed E-state index contributed by atoms with van der Waals surface area (Å²) in [6.07, 6.45) is 2.92. The number of hydrogen-bond donors (Lipinski definition) is 2. The molecule has 0 saturated carbocycles. The predicted molar refractivity (Wildman–Crippen MR) is 67.3 cm³/mol. The van der Waals surface area contributed by atoms with Crippen molar-refractivity contribution in [2.24, 2.45) is 0 Å². The molecule has 0 bridgehead atoms. The molecule has 0 radical (unpaired) electrons. The lowest BCUT2D eigenvalue weighted by molar-refractivity contribution is 0.232. The molecule has 0 amide bonds. The monoisotopic (exact) mass is 236 g/mol. The van der Waals surface area contributed by atoms with E-state index in [2.05, 4.69) is 27.5 Å². The van der Waals surface area contributed by atoms with Gasteiger partial charge in [-0.1, -0.05) is 0 Å². The van der Waals surface area contributed by atoms with Crippen molar-refractivity contribution in [3.05, 3.63) is 12.3 Å². The molecule has 1 aromatic rings. The Hall–Kier alpha value is -1.36. The van der Waals surface area contributed by atoms with Gasteiger partial charge in [-0.15, -0.1) is 0 Å². The topological polar surface area (TPSA) is 59.1 Å². The summed E-state index contributed by atoms with van der Waals surface area (Å²) in [5.74, 6) is 1.25. The minimum atomic E-state index is 0.0381. The van der Waals surface area contributed by atoms with E-state index in [-0.39, 0.29) is 11.6 Å². The zero-order valence-corrected chi connectivity index (χ0v) is 10.7. The molecule has 1 saturated heterocycles. The highest BCUT2D eigenvalue weighted by Gasteiger charge is 2.28. The highest BCUT2D eigenvalue weighted by molar-refractivity contribution is 5.32. The first-order valence-corrected chi connectivity index (χ1v) is 6.06. The van der Waals surface area contributed by atoms with E-state index in [9.17, 15) is 0 Å². The van der Waals surface area contributed by atoms with Gasteiger partial charge in [0.15, 0.2) is 0 Å². The van der Waals surface area contributed by atoms with Gasteiger partial charge in [0, 0.05) is 18.8 Å². The van der Waals surface area contributed by atoms with E-state index >= 15 is 0 Å². The fourth-order valence-corrected chi connectivity index (χ4v) is 1.90. The molecule has 0 aliphatic carbocycles. The number of hydrogen-bond acceptors (Lipinski definition) is 5. The molecule has 2 rings (SSSR count). The fourth-order valence-electron chi connectivity index (χ4n) is 1.90. The van der Waals surface area contributed by atoms with Crippen molar-refractivity contribution in [1.29, 1.82) is 0 Å². The van der Waals surface area contributed by atoms with Crippen molar-refractivity contribution in [2.45, 2.75) is 38.8 Å². The second kappa shape index (κ2) is 4.87. The normalized spacial score (nSPS) is 24.0. The maximum atomic E-state index is 5.55. The van der Waals surface area contributed by atoms with Crippen molar-refractivity contribution in [3.8, 4) is 5.88 Å². The molecule has 1 fully saturated rings. The van der Waals surface area contributed by atoms with Crippen LogP contribution < -0.4 is 15.4 Å². The van der Waals surface area contributed by atoms with Crippen LogP contribution in [0.4, 0.5) is 5.95 Å². The molecular weight excluding hydrogens is 216 g/mol. The standard InChI is InChI=1S/C12H20N4O/c1-9(2)17-10-4-6-14-11(15-10)16-12(3)5-7-13-8-12/h4,6,9,13H,5,7-8H2,1-3H3,(H,14,15,16). The second-order valence-corrected chi connectivity index (χ2v) is 5.00. The zero-order valence-electron chi connectivity index (χ0n) is 10.7. The minimum absolute atomic E-state index is 0.0381. The molecule has 0 spiro atoms. The van der Waals surface area contributed by atoms with Crippen molar-refractivity contribution < 1.29 is 4.74 Å². The maximum absolute atomic E-state index is 5.55. The summed E-state index contributed by atoms with van der Waals surface area (Å²) in [5.41, 5.74) is 0.0381. The molecule has 1 aromatic heterocycles. The average Bonchev–Trinajstić information content (AvgIpc) is 2.64. The molecule has 94 valence electrons. The highest BCUT2D eigenvalue weighted by Crippen LogP contribution is 2.19. The van der Waals surface area contributed by atoms with Crippen LogP contribution >= 0.6 is 0 Å². The molecule has 5 nitrogen and oxygen atoms in total. The first-order valence-electron chi connectivity index (χ1n) is 6.06. The summed E-state index contributed by atoms with van der Waals surface area (Å²) in [4.78, 5) is 8.57. The van der Waals surface area contributed by atoms with Gasteiger partial charge in [-0.2, -0.15) is 4.98 Å². The van der Waals surface area contributed by atoms with Gasteiger partial charge < -0.3 is 15.4 Å². The van der Waals surface area contributed by atoms with Gasteiger partial charge in [-0.3, -0.25) is 0 Å². The molecule has 0 aromatic carbocycles. The molecule has 1 unspecified atom stereocenters. The number of ether oxygens (including phenoxy) is 1. The number of aromatic nitrogens is 2. The van der Waals surface area contributed by atoms with E-state index in [1.807, 2.05) is 13.8 Å². The molecule has 2 heterocycles. The van der Waals surface area contributed by atoms with Gasteiger partial charge in [-0.05, 0) is 33.7 Å². The Kier molecular flexibility index (Phi) is 3.47. The summed E-state index contributed by atoms with van der Waals surface area (Å²) >= 11 is 0. The van der Waals surface area contributed by atoms with E-state index in [0.29, 0.717) is 11.8 Å². The Labute approximate surface area is 102 Å². The Morgan fingerprint density at radius 2 is 2.35 bits per heavy atom. The average molecular weight is 236 g/mol. The zero-order chi connectivity index (χ0) is 12.3. The first-order chi connectivity index (χ1) is 8.07. The Bertz CT molecular complexity index is 375. The number of anilines is 1. The molecule has 1 aliphatic heterocycles. The lowest BCUT2D eigenvalue weighted by Gasteiger charge is -2.24. The van der Waals surface area contributed by atoms with Crippen molar-refractivity contribution in [1.82, 2.24) is 15.3 Å². The lowest BCUT2D eigenvalue weighted by Crippen LogP contribution is -2.37. The number of rotatable bonds is 4. The third kappa shape index (κ3) is 3.30. The summed E-state index contributed by atoms with van der Waals surface area (Å²) in [6, 6.07) is 1.78. The highest BCUT2D eigenvalue weighted by atomic mass is 16.5. The SMILES string of the molecule is CC(C)Oc1ccnc(NC2(C)CCNC2)n1. The fraction of sp³-hybridized carbons (Fsp3) is 0.667. The smallest absolute Gasteiger partial charge is 0.226 e. The van der Waals surface area contributed by atoms with Crippen molar-refractivity contribution in [3.63, 3.8) is 0 Å². The van der Waals surface area contributed by atoms with Gasteiger partial charge in [0.1, 0.15) is 0 Å². The Balaban J connectivity index is 2.05. The molecule has 2 N–H and O–H groups in total. The summed E-state index contributed by atoms with van der Waals surface area (Å²) < 4.78 is 5.55. The summed E-state index contributed by atoms with van der Waals surface area (Å²) in [5, 5.41) is 6.70. The molecule has 1 atom stereocenters. The van der Waals surface area contributed by atoms with E-state index in [4.69, 9.17) is 4.74 Å². The minimum Gasteiger partial charge on any atom is -0.475 e. The Morgan fingerprint density at radius 1 is 1.53 bits per heavy atom. The Morgan fingerprint density at radius 3 is 3.00 bits per heavy atom.